The number of carbonyl (C=O) groups excluding carboxylic acids is 1. The number of hydrogen-bond acceptors (Lipinski definition) is 14. The number of nitrogens with one attached hydrogen (secondary N) is 1. The van der Waals surface area contributed by atoms with Crippen molar-refractivity contribution in [2.45, 2.75) is 43.6 Å². The van der Waals surface area contributed by atoms with Crippen molar-refractivity contribution in [3.8, 4) is 0 Å². The van der Waals surface area contributed by atoms with E-state index in [1.807, 2.05) is 0 Å². The largest absolute Gasteiger partial charge is 0.478 e. The first kappa shape index (κ1) is 36.7. The summed E-state index contributed by atoms with van der Waals surface area (Å²) in [6.45, 7) is 4.62. The van der Waals surface area contributed by atoms with Crippen molar-refractivity contribution in [1.29, 1.82) is 0 Å². The molecule has 0 aliphatic carbocycles. The number of carboxylic acids is 1. The van der Waals surface area contributed by atoms with Gasteiger partial charge in [-0.25, -0.2) is 9.59 Å². The summed E-state index contributed by atoms with van der Waals surface area (Å²) in [5.41, 5.74) is 6.30. The Kier molecular flexibility index (Phi) is 12.9. The summed E-state index contributed by atoms with van der Waals surface area (Å²) in [6, 6.07) is 0. The van der Waals surface area contributed by atoms with E-state index >= 15 is 0 Å². The van der Waals surface area contributed by atoms with E-state index in [1.165, 1.54) is 26.4 Å². The Balaban J connectivity index is 2.06. The number of β-amino-alcohol motifs (C(OH)–C–C–N with tert-alkyl or cyclic N) is 1. The van der Waals surface area contributed by atoms with Crippen LogP contribution in [-0.4, -0.2) is 137 Å². The normalized spacial score (nSPS) is 30.0. The van der Waals surface area contributed by atoms with Gasteiger partial charge in [-0.05, 0) is 12.5 Å². The molecule has 46 heavy (non-hydrogen) atoms. The van der Waals surface area contributed by atoms with Crippen molar-refractivity contribution in [1.82, 2.24) is 10.2 Å². The molecule has 0 aromatic heterocycles. The number of aliphatic hydroxyl groups excluding tert-OH is 3. The number of carbonyl (C=O) groups is 2. The van der Waals surface area contributed by atoms with Crippen LogP contribution < -0.4 is 11.1 Å². The van der Waals surface area contributed by atoms with Crippen molar-refractivity contribution < 1.29 is 63.9 Å². The van der Waals surface area contributed by atoms with Crippen molar-refractivity contribution in [3.63, 3.8) is 0 Å². The molecular weight excluding hydrogens is 612 g/mol. The van der Waals surface area contributed by atoms with Gasteiger partial charge in [-0.3, -0.25) is 4.99 Å². The second-order valence-electron chi connectivity index (χ2n) is 10.4. The molecule has 17 nitrogen and oxygen atoms in total. The molecule has 0 radical (unpaired) electrons. The molecule has 0 unspecified atom stereocenters. The fraction of sp³-hybridized carbons (Fsp3) is 0.552. The molecule has 9 N–H and O–H groups in total. The molecule has 1 fully saturated rings. The topological polar surface area (TPSA) is 255 Å². The maximum atomic E-state index is 12.8. The van der Waals surface area contributed by atoms with Crippen molar-refractivity contribution in [2.75, 3.05) is 47.1 Å². The SMILES string of the molecule is C=C[C@H]1[C@H](O[C@@H]2O[C@H](CO)[C@@H](O)C(O)(O)[C@H]2OCC)OC=C(C(=O)OC)[C@H]1/C=C/C1=C(NC(N)=NC)C(C(=O)O)=CN(CCO)C1. The molecule has 0 saturated carbocycles. The molecule has 3 aliphatic heterocycles. The fourth-order valence-electron chi connectivity index (χ4n) is 5.21. The molecule has 17 heteroatoms. The van der Waals surface area contributed by atoms with Crippen molar-refractivity contribution in [2.24, 2.45) is 22.6 Å². The summed E-state index contributed by atoms with van der Waals surface area (Å²) in [5, 5.41) is 63.6. The first-order chi connectivity index (χ1) is 21.9. The van der Waals surface area contributed by atoms with Crippen LogP contribution in [0.1, 0.15) is 6.92 Å². The number of methoxy groups -OCH3 is 1. The maximum Gasteiger partial charge on any atom is 0.339 e. The molecule has 3 heterocycles. The average Bonchev–Trinajstić information content (AvgIpc) is 3.03. The monoisotopic (exact) mass is 654 g/mol. The molecule has 7 atom stereocenters. The fourth-order valence-corrected chi connectivity index (χ4v) is 5.21. The molecule has 1 saturated heterocycles. The summed E-state index contributed by atoms with van der Waals surface area (Å²) in [7, 11) is 2.59. The van der Waals surface area contributed by atoms with Gasteiger partial charge < -0.3 is 70.3 Å². The van der Waals surface area contributed by atoms with Crippen LogP contribution in [0.25, 0.3) is 0 Å². The smallest absolute Gasteiger partial charge is 0.339 e. The lowest BCUT2D eigenvalue weighted by Crippen LogP contribution is -2.68. The van der Waals surface area contributed by atoms with Gasteiger partial charge in [-0.15, -0.1) is 6.58 Å². The highest BCUT2D eigenvalue weighted by molar-refractivity contribution is 5.95. The molecule has 256 valence electrons. The number of aliphatic hydroxyl groups is 5. The number of nitrogens with zero attached hydrogens (tertiary/aromatic N) is 2. The number of aliphatic carboxylic acids is 1. The Labute approximate surface area is 265 Å². The lowest BCUT2D eigenvalue weighted by molar-refractivity contribution is -0.410. The van der Waals surface area contributed by atoms with Gasteiger partial charge in [0.1, 0.15) is 12.2 Å². The van der Waals surface area contributed by atoms with E-state index in [2.05, 4.69) is 16.9 Å². The first-order valence-corrected chi connectivity index (χ1v) is 14.3. The summed E-state index contributed by atoms with van der Waals surface area (Å²) >= 11 is 0. The third-order valence-corrected chi connectivity index (χ3v) is 7.56. The summed E-state index contributed by atoms with van der Waals surface area (Å²) in [4.78, 5) is 30.4. The van der Waals surface area contributed by atoms with Crippen LogP contribution in [0.4, 0.5) is 0 Å². The van der Waals surface area contributed by atoms with Crippen LogP contribution in [0.3, 0.4) is 0 Å². The first-order valence-electron chi connectivity index (χ1n) is 14.3. The third-order valence-electron chi connectivity index (χ3n) is 7.56. The third kappa shape index (κ3) is 7.94. The minimum Gasteiger partial charge on any atom is -0.478 e. The Morgan fingerprint density at radius 3 is 2.59 bits per heavy atom. The van der Waals surface area contributed by atoms with Crippen LogP contribution in [0.15, 0.2) is 64.7 Å². The lowest BCUT2D eigenvalue weighted by Gasteiger charge is -2.47. The van der Waals surface area contributed by atoms with Gasteiger partial charge in [-0.1, -0.05) is 18.2 Å². The van der Waals surface area contributed by atoms with Crippen molar-refractivity contribution >= 4 is 17.9 Å². The number of rotatable bonds is 13. The number of nitrogens with two attached hydrogens (primary N) is 1. The lowest BCUT2D eigenvalue weighted by atomic mass is 9.83. The zero-order valence-electron chi connectivity index (χ0n) is 25.7. The van der Waals surface area contributed by atoms with Crippen LogP contribution in [0.5, 0.6) is 0 Å². The predicted octanol–water partition coefficient (Wildman–Crippen LogP) is -2.38. The zero-order valence-corrected chi connectivity index (χ0v) is 25.7. The average molecular weight is 655 g/mol. The number of guanidine groups is 1. The van der Waals surface area contributed by atoms with Gasteiger partial charge in [-0.2, -0.15) is 0 Å². The van der Waals surface area contributed by atoms with Gasteiger partial charge in [0.25, 0.3) is 0 Å². The van der Waals surface area contributed by atoms with Crippen LogP contribution in [0.2, 0.25) is 0 Å². The summed E-state index contributed by atoms with van der Waals surface area (Å²) in [6.07, 6.45) is -0.873. The molecule has 0 aromatic carbocycles. The van der Waals surface area contributed by atoms with E-state index in [-0.39, 0.29) is 49.1 Å². The molecule has 0 amide bonds. The highest BCUT2D eigenvalue weighted by atomic mass is 16.8. The second kappa shape index (κ2) is 16.1. The van der Waals surface area contributed by atoms with Gasteiger partial charge in [0.05, 0.1) is 49.3 Å². The number of carboxylic acid groups (broad SMARTS) is 1. The van der Waals surface area contributed by atoms with Gasteiger partial charge in [0.2, 0.25) is 12.1 Å². The Hall–Kier alpha value is -3.81. The van der Waals surface area contributed by atoms with Crippen LogP contribution in [0, 0.1) is 11.8 Å². The summed E-state index contributed by atoms with van der Waals surface area (Å²) < 4.78 is 27.7. The van der Waals surface area contributed by atoms with E-state index in [4.69, 9.17) is 29.4 Å². The minimum atomic E-state index is -2.88. The van der Waals surface area contributed by atoms with Gasteiger partial charge >= 0.3 is 11.9 Å². The standard InChI is InChI=1S/C29H42N4O13/c1-5-16-17(8-7-15-11-33(9-10-34)12-18(24(37)38)21(15)32-28(30)31-3)19(25(39)42-4)14-44-26(16)46-27-23(43-6-2)29(40,41)22(36)20(13-35)45-27/h5,7-8,12,14,16-17,20,22-23,26-27,34-36,40-41H,1,6,9-11,13H2,2-4H3,(H,37,38)(H3,30,31,32)/b8-7+/t16-,17+,20-,22-,23+,26+,27+/m1/s1. The highest BCUT2D eigenvalue weighted by Crippen LogP contribution is 2.38. The minimum absolute atomic E-state index is 0.0275. The molecule has 3 aliphatic rings. The van der Waals surface area contributed by atoms with Crippen LogP contribution >= 0.6 is 0 Å². The van der Waals surface area contributed by atoms with Gasteiger partial charge in [0, 0.05) is 38.9 Å². The van der Waals surface area contributed by atoms with E-state index in [0.29, 0.717) is 5.57 Å². The molecule has 0 spiro atoms. The van der Waals surface area contributed by atoms with E-state index in [1.54, 1.807) is 24.0 Å². The Morgan fingerprint density at radius 1 is 1.30 bits per heavy atom. The van der Waals surface area contributed by atoms with E-state index in [0.717, 1.165) is 6.26 Å². The molecule has 0 bridgehead atoms. The summed E-state index contributed by atoms with van der Waals surface area (Å²) in [5.74, 6) is -6.72. The quantitative estimate of drug-likeness (QED) is 0.0339. The Bertz CT molecular complexity index is 1280. The number of esters is 1. The number of hydrogen-bond donors (Lipinski definition) is 8. The predicted molar refractivity (Wildman–Crippen MR) is 159 cm³/mol. The second-order valence-corrected chi connectivity index (χ2v) is 10.4. The maximum absolute atomic E-state index is 12.8. The highest BCUT2D eigenvalue weighted by Gasteiger charge is 2.57. The van der Waals surface area contributed by atoms with Crippen LogP contribution in [-0.2, 0) is 33.3 Å². The van der Waals surface area contributed by atoms with E-state index in [9.17, 15) is 40.2 Å². The van der Waals surface area contributed by atoms with Crippen molar-refractivity contribution in [3.05, 3.63) is 59.7 Å². The number of ether oxygens (including phenoxy) is 5. The van der Waals surface area contributed by atoms with Gasteiger partial charge in [0.15, 0.2) is 18.4 Å². The number of allylic oxidation sites excluding steroid dienone is 1. The Morgan fingerprint density at radius 2 is 2.02 bits per heavy atom. The zero-order chi connectivity index (χ0) is 34.2. The molecular formula is C29H42N4O13. The molecule has 0 aromatic rings. The number of aliphatic imine (C=N–C) groups is 1. The molecule has 3 rings (SSSR count). The van der Waals surface area contributed by atoms with E-state index < -0.39 is 67.1 Å².